The second kappa shape index (κ2) is 7.73. The molecule has 0 heterocycles. The number of carbonyl (C=O) groups is 1. The summed E-state index contributed by atoms with van der Waals surface area (Å²) in [5, 5.41) is 0. The predicted octanol–water partition coefficient (Wildman–Crippen LogP) is 3.94. The van der Waals surface area contributed by atoms with E-state index in [-0.39, 0.29) is 20.7 Å². The zero-order valence-corrected chi connectivity index (χ0v) is 14.3. The topological polar surface area (TPSA) is 17.1 Å². The molecule has 0 aliphatic carbocycles. The zero-order valence-electron chi connectivity index (χ0n) is 12.6. The van der Waals surface area contributed by atoms with Gasteiger partial charge in [-0.1, -0.05) is 0 Å². The first-order valence-electron chi connectivity index (χ1n) is 7.42. The van der Waals surface area contributed by atoms with Crippen LogP contribution in [0.2, 0.25) is 0 Å². The van der Waals surface area contributed by atoms with E-state index in [1.54, 1.807) is 0 Å². The monoisotopic (exact) mass is 364 g/mol. The number of carbonyl (C=O) groups excluding carboxylic acids is 1. The third-order valence-electron chi connectivity index (χ3n) is 3.33. The van der Waals surface area contributed by atoms with E-state index in [0.717, 1.165) is 15.6 Å². The first-order chi connectivity index (χ1) is 11.3. The van der Waals surface area contributed by atoms with Crippen molar-refractivity contribution in [2.24, 2.45) is 0 Å². The van der Waals surface area contributed by atoms with Gasteiger partial charge in [-0.25, -0.2) is 0 Å². The van der Waals surface area contributed by atoms with Crippen LogP contribution in [0.3, 0.4) is 0 Å². The Balaban J connectivity index is 1.96. The van der Waals surface area contributed by atoms with Crippen LogP contribution in [0.5, 0.6) is 0 Å². The Morgan fingerprint density at radius 2 is 1.22 bits per heavy atom. The number of hydrogen-bond donors (Lipinski definition) is 0. The van der Waals surface area contributed by atoms with Crippen LogP contribution in [0.15, 0.2) is 95.5 Å². The molecule has 0 aliphatic rings. The molecule has 0 amide bonds. The summed E-state index contributed by atoms with van der Waals surface area (Å²) >= 11 is -0.0238. The van der Waals surface area contributed by atoms with Crippen molar-refractivity contribution in [2.75, 3.05) is 0 Å². The van der Waals surface area contributed by atoms with Gasteiger partial charge in [-0.3, -0.25) is 0 Å². The summed E-state index contributed by atoms with van der Waals surface area (Å²) in [4.78, 5) is 12.9. The van der Waals surface area contributed by atoms with Crippen molar-refractivity contribution in [1.29, 1.82) is 0 Å². The van der Waals surface area contributed by atoms with Gasteiger partial charge in [-0.2, -0.15) is 0 Å². The van der Waals surface area contributed by atoms with Crippen LogP contribution in [-0.2, 0) is 0 Å². The molecule has 0 radical (unpaired) electrons. The molecule has 0 aromatic heterocycles. The fraction of sp³-hybridized carbons (Fsp3) is 0. The van der Waals surface area contributed by atoms with Gasteiger partial charge in [0, 0.05) is 0 Å². The van der Waals surface area contributed by atoms with E-state index in [1.807, 2.05) is 84.9 Å². The molecule has 0 aliphatic heterocycles. The SMILES string of the molecule is O=C(/C(=C/c1ccccc1)[Se]c1ccccc1)c1ccccc1. The molecule has 3 aromatic rings. The average Bonchev–Trinajstić information content (AvgIpc) is 2.63. The Morgan fingerprint density at radius 1 is 0.696 bits per heavy atom. The van der Waals surface area contributed by atoms with Crippen LogP contribution < -0.4 is 4.46 Å². The van der Waals surface area contributed by atoms with Crippen LogP contribution in [0.1, 0.15) is 15.9 Å². The molecular weight excluding hydrogens is 347 g/mol. The summed E-state index contributed by atoms with van der Waals surface area (Å²) in [7, 11) is 0. The summed E-state index contributed by atoms with van der Waals surface area (Å²) < 4.78 is 2.06. The van der Waals surface area contributed by atoms with E-state index < -0.39 is 0 Å². The van der Waals surface area contributed by atoms with E-state index in [9.17, 15) is 4.79 Å². The Kier molecular flexibility index (Phi) is 5.21. The standard InChI is InChI=1S/C21H16OSe/c22-21(18-12-6-2-7-13-18)20(16-17-10-4-1-5-11-17)23-19-14-8-3-9-15-19/h1-16H/b20-16-. The van der Waals surface area contributed by atoms with E-state index >= 15 is 0 Å². The van der Waals surface area contributed by atoms with Crippen molar-refractivity contribution in [1.82, 2.24) is 0 Å². The second-order valence-corrected chi connectivity index (χ2v) is 7.37. The molecule has 0 bridgehead atoms. The third-order valence-corrected chi connectivity index (χ3v) is 5.49. The first-order valence-corrected chi connectivity index (χ1v) is 9.13. The first kappa shape index (κ1) is 15.5. The Bertz CT molecular complexity index is 793. The van der Waals surface area contributed by atoms with Gasteiger partial charge < -0.3 is 0 Å². The molecule has 1 nitrogen and oxygen atoms in total. The van der Waals surface area contributed by atoms with Gasteiger partial charge in [0.1, 0.15) is 0 Å². The van der Waals surface area contributed by atoms with Crippen molar-refractivity contribution in [3.05, 3.63) is 107 Å². The molecule has 0 atom stereocenters. The quantitative estimate of drug-likeness (QED) is 0.381. The van der Waals surface area contributed by atoms with Crippen molar-refractivity contribution >= 4 is 31.3 Å². The van der Waals surface area contributed by atoms with Crippen LogP contribution in [0.4, 0.5) is 0 Å². The van der Waals surface area contributed by atoms with Gasteiger partial charge in [0.15, 0.2) is 0 Å². The van der Waals surface area contributed by atoms with Crippen molar-refractivity contribution in [2.45, 2.75) is 0 Å². The number of allylic oxidation sites excluding steroid dienone is 1. The van der Waals surface area contributed by atoms with Crippen molar-refractivity contribution in [3.63, 3.8) is 0 Å². The molecular formula is C21H16OSe. The molecule has 2 heteroatoms. The van der Waals surface area contributed by atoms with E-state index in [0.29, 0.717) is 0 Å². The number of ketones is 1. The molecule has 23 heavy (non-hydrogen) atoms. The summed E-state index contributed by atoms with van der Waals surface area (Å²) in [5.41, 5.74) is 1.80. The van der Waals surface area contributed by atoms with Gasteiger partial charge in [0.2, 0.25) is 0 Å². The molecule has 3 rings (SSSR count). The third kappa shape index (κ3) is 4.29. The summed E-state index contributed by atoms with van der Waals surface area (Å²) in [6.45, 7) is 0. The van der Waals surface area contributed by atoms with Gasteiger partial charge in [0.25, 0.3) is 0 Å². The number of hydrogen-bond acceptors (Lipinski definition) is 1. The Hall–Kier alpha value is -2.41. The maximum atomic E-state index is 12.9. The molecule has 0 saturated carbocycles. The number of benzene rings is 3. The van der Waals surface area contributed by atoms with E-state index in [2.05, 4.69) is 12.1 Å². The van der Waals surface area contributed by atoms with Crippen molar-refractivity contribution in [3.8, 4) is 0 Å². The van der Waals surface area contributed by atoms with Crippen LogP contribution >= 0.6 is 0 Å². The Morgan fingerprint density at radius 3 is 1.83 bits per heavy atom. The van der Waals surface area contributed by atoms with E-state index in [1.165, 1.54) is 4.46 Å². The molecule has 0 N–H and O–H groups in total. The summed E-state index contributed by atoms with van der Waals surface area (Å²) in [6, 6.07) is 29.7. The second-order valence-electron chi connectivity index (χ2n) is 5.03. The van der Waals surface area contributed by atoms with Crippen LogP contribution in [0.25, 0.3) is 6.08 Å². The van der Waals surface area contributed by atoms with Gasteiger partial charge in [0.05, 0.1) is 0 Å². The van der Waals surface area contributed by atoms with Gasteiger partial charge in [-0.05, 0) is 0 Å². The minimum absolute atomic E-state index is 0.0238. The summed E-state index contributed by atoms with van der Waals surface area (Å²) in [5.74, 6) is 0.110. The fourth-order valence-electron chi connectivity index (χ4n) is 2.19. The number of Topliss-reactive ketones (excluding diaryl/α,β-unsaturated/α-hetero) is 1. The minimum atomic E-state index is -0.0238. The number of rotatable bonds is 5. The zero-order chi connectivity index (χ0) is 15.9. The molecule has 0 unspecified atom stereocenters. The van der Waals surface area contributed by atoms with Crippen molar-refractivity contribution < 1.29 is 4.79 Å². The fourth-order valence-corrected chi connectivity index (χ4v) is 4.19. The molecule has 0 saturated heterocycles. The molecule has 3 aromatic carbocycles. The van der Waals surface area contributed by atoms with Gasteiger partial charge >= 0.3 is 143 Å². The van der Waals surface area contributed by atoms with E-state index in [4.69, 9.17) is 0 Å². The predicted molar refractivity (Wildman–Crippen MR) is 97.0 cm³/mol. The van der Waals surface area contributed by atoms with Crippen LogP contribution in [0, 0.1) is 0 Å². The van der Waals surface area contributed by atoms with Gasteiger partial charge in [-0.15, -0.1) is 0 Å². The Labute approximate surface area is 142 Å². The maximum absolute atomic E-state index is 12.9. The normalized spacial score (nSPS) is 11.2. The summed E-state index contributed by atoms with van der Waals surface area (Å²) in [6.07, 6.45) is 2.02. The molecule has 0 spiro atoms. The average molecular weight is 363 g/mol. The molecule has 112 valence electrons. The van der Waals surface area contributed by atoms with Crippen LogP contribution in [-0.4, -0.2) is 20.7 Å². The molecule has 0 fully saturated rings.